The molecule has 86 valence electrons. The van der Waals surface area contributed by atoms with Crippen molar-refractivity contribution in [1.82, 2.24) is 30.1 Å². The van der Waals surface area contributed by atoms with Gasteiger partial charge in [0.1, 0.15) is 0 Å². The van der Waals surface area contributed by atoms with Crippen LogP contribution in [0.3, 0.4) is 0 Å². The molecule has 0 bridgehead atoms. The molecule has 0 unspecified atom stereocenters. The number of nitrogens with zero attached hydrogens (tertiary/aromatic N) is 4. The van der Waals surface area contributed by atoms with E-state index in [1.54, 1.807) is 18.7 Å². The van der Waals surface area contributed by atoms with E-state index in [9.17, 15) is 0 Å². The molecular formula is C12H8N6. The van der Waals surface area contributed by atoms with E-state index < -0.39 is 0 Å². The number of fused-ring (bicyclic) bond motifs is 2. The molecule has 6 heteroatoms. The molecule has 0 aliphatic rings. The number of aromatic amines is 2. The van der Waals surface area contributed by atoms with Crippen LogP contribution in [0.25, 0.3) is 33.5 Å². The van der Waals surface area contributed by atoms with E-state index in [2.05, 4.69) is 30.1 Å². The molecule has 4 aromatic rings. The first-order chi connectivity index (χ1) is 8.90. The molecule has 3 heterocycles. The summed E-state index contributed by atoms with van der Waals surface area (Å²) >= 11 is 0. The molecule has 0 fully saturated rings. The summed E-state index contributed by atoms with van der Waals surface area (Å²) in [6.07, 6.45) is 5.11. The van der Waals surface area contributed by atoms with Gasteiger partial charge in [-0.2, -0.15) is 5.10 Å². The smallest absolute Gasteiger partial charge is 0.197 e. The molecule has 0 spiro atoms. The highest BCUT2D eigenvalue weighted by atomic mass is 15.1. The molecule has 0 aliphatic carbocycles. The minimum atomic E-state index is 0.626. The maximum absolute atomic E-state index is 4.48. The van der Waals surface area contributed by atoms with Crippen LogP contribution < -0.4 is 0 Å². The van der Waals surface area contributed by atoms with Gasteiger partial charge in [-0.05, 0) is 6.07 Å². The Morgan fingerprint density at radius 1 is 1.06 bits per heavy atom. The Bertz CT molecular complexity index is 772. The fourth-order valence-corrected chi connectivity index (χ4v) is 1.96. The number of H-pyrrole nitrogens is 2. The van der Waals surface area contributed by atoms with Crippen LogP contribution in [-0.4, -0.2) is 30.1 Å². The van der Waals surface area contributed by atoms with Crippen LogP contribution in [0.1, 0.15) is 0 Å². The Balaban J connectivity index is 1.93. The molecule has 1 aromatic carbocycles. The third-order valence-electron chi connectivity index (χ3n) is 2.88. The van der Waals surface area contributed by atoms with E-state index in [1.807, 2.05) is 18.2 Å². The summed E-state index contributed by atoms with van der Waals surface area (Å²) in [7, 11) is 0. The number of hydrogen-bond donors (Lipinski definition) is 2. The largest absolute Gasteiger partial charge is 0.328 e. The van der Waals surface area contributed by atoms with E-state index in [1.165, 1.54) is 0 Å². The molecule has 18 heavy (non-hydrogen) atoms. The molecule has 2 N–H and O–H groups in total. The summed E-state index contributed by atoms with van der Waals surface area (Å²) < 4.78 is 0. The zero-order chi connectivity index (χ0) is 11.9. The van der Waals surface area contributed by atoms with Crippen molar-refractivity contribution in [1.29, 1.82) is 0 Å². The topological polar surface area (TPSA) is 83.1 Å². The zero-order valence-corrected chi connectivity index (χ0v) is 9.25. The third-order valence-corrected chi connectivity index (χ3v) is 2.88. The summed E-state index contributed by atoms with van der Waals surface area (Å²) in [4.78, 5) is 15.7. The number of aromatic nitrogens is 6. The lowest BCUT2D eigenvalue weighted by molar-refractivity contribution is 1.12. The molecule has 0 atom stereocenters. The van der Waals surface area contributed by atoms with Crippen molar-refractivity contribution < 1.29 is 0 Å². The van der Waals surface area contributed by atoms with E-state index in [-0.39, 0.29) is 0 Å². The Morgan fingerprint density at radius 3 is 3.06 bits per heavy atom. The highest BCUT2D eigenvalue weighted by molar-refractivity contribution is 5.83. The molecule has 6 nitrogen and oxygen atoms in total. The highest BCUT2D eigenvalue weighted by Crippen LogP contribution is 2.21. The van der Waals surface area contributed by atoms with E-state index >= 15 is 0 Å². The fraction of sp³-hybridized carbons (Fsp3) is 0. The number of rotatable bonds is 1. The predicted octanol–water partition coefficient (Wildman–Crippen LogP) is 1.90. The molecule has 0 radical (unpaired) electrons. The van der Waals surface area contributed by atoms with Gasteiger partial charge < -0.3 is 4.98 Å². The molecule has 3 aromatic heterocycles. The summed E-state index contributed by atoms with van der Waals surface area (Å²) in [5.74, 6) is 0. The van der Waals surface area contributed by atoms with Gasteiger partial charge in [0.05, 0.1) is 29.9 Å². The van der Waals surface area contributed by atoms with Crippen LogP contribution in [0.4, 0.5) is 0 Å². The standard InChI is InChI=1S/C12H8N6/c1-2-8-4-16-18-9(8)3-7(1)10-5-13-11-12(17-10)15-6-14-11/h1-6H,(H,16,18)(H,13,14,15,17). The minimum absolute atomic E-state index is 0.626. The van der Waals surface area contributed by atoms with Crippen LogP contribution in [0.15, 0.2) is 36.9 Å². The molecule has 0 saturated heterocycles. The van der Waals surface area contributed by atoms with Gasteiger partial charge in [-0.1, -0.05) is 12.1 Å². The van der Waals surface area contributed by atoms with Gasteiger partial charge in [-0.3, -0.25) is 5.10 Å². The predicted molar refractivity (Wildman–Crippen MR) is 66.8 cm³/mol. The van der Waals surface area contributed by atoms with Crippen molar-refractivity contribution in [2.45, 2.75) is 0 Å². The van der Waals surface area contributed by atoms with E-state index in [4.69, 9.17) is 0 Å². The van der Waals surface area contributed by atoms with Crippen molar-refractivity contribution in [2.24, 2.45) is 0 Å². The van der Waals surface area contributed by atoms with Crippen molar-refractivity contribution in [3.05, 3.63) is 36.9 Å². The molecule has 0 saturated carbocycles. The van der Waals surface area contributed by atoms with Crippen molar-refractivity contribution >= 4 is 22.2 Å². The second kappa shape index (κ2) is 3.36. The lowest BCUT2D eigenvalue weighted by atomic mass is 10.1. The lowest BCUT2D eigenvalue weighted by Gasteiger charge is -2.00. The average Bonchev–Trinajstić information content (AvgIpc) is 3.05. The van der Waals surface area contributed by atoms with Gasteiger partial charge in [-0.25, -0.2) is 15.0 Å². The number of hydrogen-bond acceptors (Lipinski definition) is 4. The second-order valence-corrected chi connectivity index (χ2v) is 4.00. The Labute approximate surface area is 101 Å². The number of benzene rings is 1. The molecule has 0 aliphatic heterocycles. The zero-order valence-electron chi connectivity index (χ0n) is 9.25. The van der Waals surface area contributed by atoms with Gasteiger partial charge >= 0.3 is 0 Å². The lowest BCUT2D eigenvalue weighted by Crippen LogP contribution is -1.87. The van der Waals surface area contributed by atoms with Gasteiger partial charge in [0, 0.05) is 10.9 Å². The molecular weight excluding hydrogens is 228 g/mol. The summed E-state index contributed by atoms with van der Waals surface area (Å²) in [5.41, 5.74) is 4.11. The van der Waals surface area contributed by atoms with Crippen LogP contribution in [0.5, 0.6) is 0 Å². The quantitative estimate of drug-likeness (QED) is 0.528. The summed E-state index contributed by atoms with van der Waals surface area (Å²) in [5, 5.41) is 8.02. The van der Waals surface area contributed by atoms with E-state index in [0.717, 1.165) is 22.2 Å². The number of imidazole rings is 1. The highest BCUT2D eigenvalue weighted by Gasteiger charge is 2.05. The first-order valence-electron chi connectivity index (χ1n) is 5.50. The fourth-order valence-electron chi connectivity index (χ4n) is 1.96. The second-order valence-electron chi connectivity index (χ2n) is 4.00. The van der Waals surface area contributed by atoms with Crippen molar-refractivity contribution in [2.75, 3.05) is 0 Å². The summed E-state index contributed by atoms with van der Waals surface area (Å²) in [6, 6.07) is 6.02. The Hall–Kier alpha value is -2.76. The summed E-state index contributed by atoms with van der Waals surface area (Å²) in [6.45, 7) is 0. The maximum atomic E-state index is 4.48. The van der Waals surface area contributed by atoms with Crippen LogP contribution in [0, 0.1) is 0 Å². The van der Waals surface area contributed by atoms with Crippen LogP contribution in [-0.2, 0) is 0 Å². The third kappa shape index (κ3) is 1.29. The monoisotopic (exact) mass is 236 g/mol. The first kappa shape index (κ1) is 9.29. The normalized spacial score (nSPS) is 11.3. The molecule has 4 rings (SSSR count). The van der Waals surface area contributed by atoms with Gasteiger partial charge in [0.2, 0.25) is 0 Å². The van der Waals surface area contributed by atoms with Crippen molar-refractivity contribution in [3.8, 4) is 11.3 Å². The maximum Gasteiger partial charge on any atom is 0.197 e. The number of nitrogens with one attached hydrogen (secondary N) is 2. The average molecular weight is 236 g/mol. The van der Waals surface area contributed by atoms with Crippen LogP contribution >= 0.6 is 0 Å². The first-order valence-corrected chi connectivity index (χ1v) is 5.50. The Kier molecular flexibility index (Phi) is 1.74. The Morgan fingerprint density at radius 2 is 2.06 bits per heavy atom. The minimum Gasteiger partial charge on any atom is -0.328 e. The van der Waals surface area contributed by atoms with E-state index in [0.29, 0.717) is 11.3 Å². The van der Waals surface area contributed by atoms with Crippen LogP contribution in [0.2, 0.25) is 0 Å². The van der Waals surface area contributed by atoms with Crippen molar-refractivity contribution in [3.63, 3.8) is 0 Å². The van der Waals surface area contributed by atoms with Gasteiger partial charge in [-0.15, -0.1) is 0 Å². The SMILES string of the molecule is c1nc2ncc(-c3ccc4cn[nH]c4c3)nc2[nH]1. The molecule has 0 amide bonds. The van der Waals surface area contributed by atoms with Gasteiger partial charge in [0.15, 0.2) is 11.3 Å². The van der Waals surface area contributed by atoms with Gasteiger partial charge in [0.25, 0.3) is 0 Å².